The van der Waals surface area contributed by atoms with Crippen molar-refractivity contribution < 1.29 is 14.3 Å². The lowest BCUT2D eigenvalue weighted by molar-refractivity contribution is -0.124. The third-order valence-electron chi connectivity index (χ3n) is 4.42. The van der Waals surface area contributed by atoms with Crippen LogP contribution >= 0.6 is 12.4 Å². The molecule has 1 fully saturated rings. The normalized spacial score (nSPS) is 20.8. The zero-order chi connectivity index (χ0) is 16.8. The van der Waals surface area contributed by atoms with E-state index in [0.717, 1.165) is 19.3 Å². The van der Waals surface area contributed by atoms with Crippen LogP contribution < -0.4 is 16.4 Å². The van der Waals surface area contributed by atoms with Gasteiger partial charge in [-0.25, -0.2) is 0 Å². The summed E-state index contributed by atoms with van der Waals surface area (Å²) < 4.78 is 4.98. The molecule has 1 aromatic carbocycles. The molecule has 24 heavy (non-hydrogen) atoms. The molecular weight excluding hydrogens is 330 g/mol. The predicted molar refractivity (Wildman–Crippen MR) is 97.3 cm³/mol. The van der Waals surface area contributed by atoms with E-state index >= 15 is 0 Å². The highest BCUT2D eigenvalue weighted by Gasteiger charge is 2.31. The summed E-state index contributed by atoms with van der Waals surface area (Å²) in [7, 11) is 1.48. The zero-order valence-corrected chi connectivity index (χ0v) is 14.9. The topological polar surface area (TPSA) is 93.5 Å². The number of carbonyl (C=O) groups is 2. The van der Waals surface area contributed by atoms with Crippen LogP contribution in [0.25, 0.3) is 0 Å². The second-order valence-electron chi connectivity index (χ2n) is 5.97. The quantitative estimate of drug-likeness (QED) is 0.730. The molecule has 2 rings (SSSR count). The molecule has 0 spiro atoms. The van der Waals surface area contributed by atoms with Crippen LogP contribution in [0, 0.1) is 11.8 Å². The second kappa shape index (κ2) is 9.61. The van der Waals surface area contributed by atoms with E-state index in [0.29, 0.717) is 17.9 Å². The number of ether oxygens (including phenoxy) is 1. The van der Waals surface area contributed by atoms with Crippen LogP contribution in [-0.2, 0) is 14.3 Å². The summed E-state index contributed by atoms with van der Waals surface area (Å²) in [4.78, 5) is 24.2. The lowest BCUT2D eigenvalue weighted by Gasteiger charge is -2.18. The fourth-order valence-electron chi connectivity index (χ4n) is 2.92. The number of hydrogen-bond acceptors (Lipinski definition) is 4. The standard InChI is InChI=1S/C17H25N3O3.ClH/c1-11(23-2)16(21)19-13-6-4-7-14(9-13)20-17(22)15-8-3-5-12(15)10-18;/h4,6-7,9,11-12,15H,3,5,8,10,18H2,1-2H3,(H,19,21)(H,20,22);1H/t11?,12-,15-;/m1./s1. The number of carbonyl (C=O) groups excluding carboxylic acids is 2. The molecule has 0 heterocycles. The fraction of sp³-hybridized carbons (Fsp3) is 0.529. The number of hydrogen-bond donors (Lipinski definition) is 3. The number of benzene rings is 1. The first-order valence-electron chi connectivity index (χ1n) is 7.99. The first-order chi connectivity index (χ1) is 11.0. The molecule has 0 saturated heterocycles. The van der Waals surface area contributed by atoms with Crippen molar-refractivity contribution in [3.05, 3.63) is 24.3 Å². The van der Waals surface area contributed by atoms with E-state index in [1.807, 2.05) is 0 Å². The van der Waals surface area contributed by atoms with Crippen LogP contribution in [0.1, 0.15) is 26.2 Å². The first-order valence-corrected chi connectivity index (χ1v) is 7.99. The monoisotopic (exact) mass is 355 g/mol. The van der Waals surface area contributed by atoms with Crippen molar-refractivity contribution >= 4 is 35.6 Å². The van der Waals surface area contributed by atoms with Crippen molar-refractivity contribution in [3.63, 3.8) is 0 Å². The number of halogens is 1. The summed E-state index contributed by atoms with van der Waals surface area (Å²) in [6, 6.07) is 7.11. The van der Waals surface area contributed by atoms with E-state index in [9.17, 15) is 9.59 Å². The second-order valence-corrected chi connectivity index (χ2v) is 5.97. The third-order valence-corrected chi connectivity index (χ3v) is 4.42. The van der Waals surface area contributed by atoms with Gasteiger partial charge in [0.05, 0.1) is 0 Å². The summed E-state index contributed by atoms with van der Waals surface area (Å²) in [5.41, 5.74) is 7.03. The zero-order valence-electron chi connectivity index (χ0n) is 14.1. The van der Waals surface area contributed by atoms with Gasteiger partial charge in [0.2, 0.25) is 5.91 Å². The fourth-order valence-corrected chi connectivity index (χ4v) is 2.92. The maximum atomic E-state index is 12.4. The van der Waals surface area contributed by atoms with Crippen LogP contribution in [0.15, 0.2) is 24.3 Å². The Morgan fingerprint density at radius 2 is 1.96 bits per heavy atom. The highest BCUT2D eigenvalue weighted by atomic mass is 35.5. The van der Waals surface area contributed by atoms with E-state index in [1.165, 1.54) is 7.11 Å². The van der Waals surface area contributed by atoms with Gasteiger partial charge in [0, 0.05) is 24.4 Å². The number of amides is 2. The van der Waals surface area contributed by atoms with Gasteiger partial charge in [0.15, 0.2) is 0 Å². The highest BCUT2D eigenvalue weighted by Crippen LogP contribution is 2.32. The van der Waals surface area contributed by atoms with Crippen LogP contribution in [0.4, 0.5) is 11.4 Å². The molecule has 0 aromatic heterocycles. The van der Waals surface area contributed by atoms with E-state index in [-0.39, 0.29) is 36.1 Å². The van der Waals surface area contributed by atoms with Gasteiger partial charge in [0.25, 0.3) is 5.91 Å². The Morgan fingerprint density at radius 3 is 2.58 bits per heavy atom. The number of nitrogens with one attached hydrogen (secondary N) is 2. The van der Waals surface area contributed by atoms with Gasteiger partial charge in [-0.05, 0) is 50.4 Å². The summed E-state index contributed by atoms with van der Waals surface area (Å²) in [5.74, 6) is 0.0221. The maximum Gasteiger partial charge on any atom is 0.253 e. The summed E-state index contributed by atoms with van der Waals surface area (Å²) >= 11 is 0. The van der Waals surface area contributed by atoms with Crippen molar-refractivity contribution in [2.45, 2.75) is 32.3 Å². The molecule has 0 aliphatic heterocycles. The maximum absolute atomic E-state index is 12.4. The molecule has 7 heteroatoms. The summed E-state index contributed by atoms with van der Waals surface area (Å²) in [5, 5.41) is 5.69. The lowest BCUT2D eigenvalue weighted by atomic mass is 9.95. The molecule has 134 valence electrons. The molecule has 1 aromatic rings. The molecule has 0 radical (unpaired) electrons. The Hall–Kier alpha value is -1.63. The average molecular weight is 356 g/mol. The molecule has 2 amide bonds. The van der Waals surface area contributed by atoms with Gasteiger partial charge in [-0.3, -0.25) is 9.59 Å². The molecule has 1 saturated carbocycles. The van der Waals surface area contributed by atoms with Crippen LogP contribution in [0.5, 0.6) is 0 Å². The minimum atomic E-state index is -0.531. The average Bonchev–Trinajstić information content (AvgIpc) is 3.03. The smallest absolute Gasteiger partial charge is 0.253 e. The van der Waals surface area contributed by atoms with Crippen molar-refractivity contribution in [1.29, 1.82) is 0 Å². The molecule has 0 bridgehead atoms. The highest BCUT2D eigenvalue weighted by molar-refractivity contribution is 5.96. The minimum absolute atomic E-state index is 0. The Kier molecular flexibility index (Phi) is 8.18. The summed E-state index contributed by atoms with van der Waals surface area (Å²) in [6.45, 7) is 2.22. The van der Waals surface area contributed by atoms with Gasteiger partial charge in [0.1, 0.15) is 6.10 Å². The Labute approximate surface area is 148 Å². The van der Waals surface area contributed by atoms with Crippen molar-refractivity contribution in [3.8, 4) is 0 Å². The Balaban J connectivity index is 0.00000288. The van der Waals surface area contributed by atoms with Crippen molar-refractivity contribution in [2.24, 2.45) is 17.6 Å². The van der Waals surface area contributed by atoms with E-state index in [4.69, 9.17) is 10.5 Å². The molecule has 1 aliphatic rings. The van der Waals surface area contributed by atoms with Crippen molar-refractivity contribution in [1.82, 2.24) is 0 Å². The largest absolute Gasteiger partial charge is 0.372 e. The molecule has 3 atom stereocenters. The predicted octanol–water partition coefficient (Wildman–Crippen LogP) is 2.40. The lowest BCUT2D eigenvalue weighted by Crippen LogP contribution is -2.30. The third kappa shape index (κ3) is 5.19. The van der Waals surface area contributed by atoms with E-state index in [2.05, 4.69) is 10.6 Å². The van der Waals surface area contributed by atoms with Gasteiger partial charge < -0.3 is 21.1 Å². The SMILES string of the molecule is COC(C)C(=O)Nc1cccc(NC(=O)[C@@H]2CCC[C@@H]2CN)c1.Cl. The van der Waals surface area contributed by atoms with Gasteiger partial charge in [-0.15, -0.1) is 12.4 Å². The molecule has 1 aliphatic carbocycles. The molecule has 6 nitrogen and oxygen atoms in total. The van der Waals surface area contributed by atoms with Crippen LogP contribution in [-0.4, -0.2) is 31.6 Å². The number of anilines is 2. The van der Waals surface area contributed by atoms with Crippen LogP contribution in [0.2, 0.25) is 0 Å². The first kappa shape index (κ1) is 20.4. The number of rotatable bonds is 6. The Bertz CT molecular complexity index is 568. The van der Waals surface area contributed by atoms with E-state index < -0.39 is 6.10 Å². The summed E-state index contributed by atoms with van der Waals surface area (Å²) in [6.07, 6.45) is 2.41. The van der Waals surface area contributed by atoms with Gasteiger partial charge in [-0.2, -0.15) is 0 Å². The van der Waals surface area contributed by atoms with Gasteiger partial charge >= 0.3 is 0 Å². The molecule has 1 unspecified atom stereocenters. The number of methoxy groups -OCH3 is 1. The Morgan fingerprint density at radius 1 is 1.29 bits per heavy atom. The van der Waals surface area contributed by atoms with Crippen LogP contribution in [0.3, 0.4) is 0 Å². The molecular formula is C17H26ClN3O3. The molecule has 4 N–H and O–H groups in total. The van der Waals surface area contributed by atoms with Gasteiger partial charge in [-0.1, -0.05) is 12.5 Å². The number of nitrogens with two attached hydrogens (primary N) is 1. The minimum Gasteiger partial charge on any atom is -0.372 e. The van der Waals surface area contributed by atoms with Crippen molar-refractivity contribution in [2.75, 3.05) is 24.3 Å². The van der Waals surface area contributed by atoms with E-state index in [1.54, 1.807) is 31.2 Å².